The van der Waals surface area contributed by atoms with Crippen molar-refractivity contribution < 1.29 is 34.1 Å². The topological polar surface area (TPSA) is 6.48 Å². The third kappa shape index (κ3) is 32.4. The van der Waals surface area contributed by atoms with E-state index in [2.05, 4.69) is 308 Å². The number of nitrogens with zero attached hydrogens (tertiary/aromatic N) is 2. The Morgan fingerprint density at radius 1 is 0.214 bits per heavy atom. The number of rotatable bonds is 26. The van der Waals surface area contributed by atoms with Crippen molar-refractivity contribution in [3.8, 4) is 0 Å². The molecule has 8 aromatic carbocycles. The fourth-order valence-corrected chi connectivity index (χ4v) is 50.6. The van der Waals surface area contributed by atoms with Crippen molar-refractivity contribution in [2.24, 2.45) is 23.7 Å². The summed E-state index contributed by atoms with van der Waals surface area (Å²) in [4.78, 5) is 4.82. The maximum Gasteiger partial charge on any atom is 2.00 e. The van der Waals surface area contributed by atoms with Gasteiger partial charge in [0, 0.05) is 12.1 Å². The molecule has 720 valence electrons. The molecule has 10 fully saturated rings. The molecule has 0 spiro atoms. The Hall–Kier alpha value is -2.27. The van der Waals surface area contributed by atoms with Crippen molar-refractivity contribution in [2.75, 3.05) is 28.2 Å². The first kappa shape index (κ1) is 114. The van der Waals surface area contributed by atoms with Gasteiger partial charge in [-0.15, -0.1) is 8.58 Å². The van der Waals surface area contributed by atoms with Crippen LogP contribution >= 0.6 is 56.1 Å². The van der Waals surface area contributed by atoms with Gasteiger partial charge >= 0.3 is 34.1 Å². The van der Waals surface area contributed by atoms with E-state index in [0.29, 0.717) is 12.1 Å². The first-order valence-electron chi connectivity index (χ1n) is 51.7. The van der Waals surface area contributed by atoms with E-state index in [1.54, 1.807) is 98.3 Å². The third-order valence-corrected chi connectivity index (χ3v) is 54.7. The molecule has 2 nitrogen and oxygen atoms in total. The van der Waals surface area contributed by atoms with E-state index < -0.39 is 0 Å². The van der Waals surface area contributed by atoms with E-state index in [-0.39, 0.29) is 111 Å². The molecule has 0 aliphatic heterocycles. The van der Waals surface area contributed by atoms with Gasteiger partial charge in [-0.2, -0.15) is 0 Å². The van der Waals surface area contributed by atoms with Crippen LogP contribution in [0, 0.1) is 53.4 Å². The summed E-state index contributed by atoms with van der Waals surface area (Å²) in [6.07, 6.45) is 63.0. The maximum absolute atomic E-state index is 2.75. The van der Waals surface area contributed by atoms with E-state index in [1.165, 1.54) is 222 Å². The van der Waals surface area contributed by atoms with Crippen LogP contribution in [-0.4, -0.2) is 118 Å². The molecule has 0 bridgehead atoms. The summed E-state index contributed by atoms with van der Waals surface area (Å²) in [6, 6.07) is 92.7. The van der Waals surface area contributed by atoms with Gasteiger partial charge in [0.15, 0.2) is 0 Å². The van der Waals surface area contributed by atoms with Gasteiger partial charge in [-0.25, -0.2) is 0 Å². The number of hydrogen-bond donors (Lipinski definition) is 0. The summed E-state index contributed by atoms with van der Waals surface area (Å²) in [5.41, 5.74) is 11.9. The smallest absolute Gasteiger partial charge is 0.358 e. The van der Waals surface area contributed by atoms with Crippen molar-refractivity contribution >= 4 is 98.5 Å². The minimum atomic E-state index is -0.275. The molecule has 18 rings (SSSR count). The monoisotopic (exact) mass is 1980 g/mol. The van der Waals surface area contributed by atoms with E-state index in [9.17, 15) is 0 Å². The molecular formula is C120H179Fe2N2P7. The molecule has 8 unspecified atom stereocenters. The predicted octanol–water partition coefficient (Wildman–Crippen LogP) is 32.3. The van der Waals surface area contributed by atoms with Crippen LogP contribution < -0.4 is 42.4 Å². The van der Waals surface area contributed by atoms with Crippen LogP contribution in [0.25, 0.3) is 0 Å². The summed E-state index contributed by atoms with van der Waals surface area (Å²) < 4.78 is 0. The van der Waals surface area contributed by atoms with Crippen molar-refractivity contribution in [1.82, 2.24) is 9.80 Å². The first-order chi connectivity index (χ1) is 61.5. The molecule has 0 aromatic heterocycles. The van der Waals surface area contributed by atoms with Gasteiger partial charge in [0.2, 0.25) is 0 Å². The summed E-state index contributed by atoms with van der Waals surface area (Å²) in [7, 11) is 9.46. The molecule has 131 heavy (non-hydrogen) atoms. The van der Waals surface area contributed by atoms with Gasteiger partial charge in [-0.1, -0.05) is 414 Å². The zero-order chi connectivity index (χ0) is 86.3. The van der Waals surface area contributed by atoms with Crippen molar-refractivity contribution in [2.45, 2.75) is 377 Å². The zero-order valence-corrected chi connectivity index (χ0v) is 92.5. The molecule has 11 heteroatoms. The molecule has 0 heterocycles. The SMILES string of the molecule is C1CCC(PC2CCCCC2)CC1.C[C@@H](C1CCCC1P(c1ccccc1)c1ccccc1)P(C1CCCCC1)C1CCCCC1.C[C@H](C1CCCC1P(c1ccccc1)c1ccccc1)N(C)C.C[C@H](C1CCCC1P(c1ccccc1)c1ccccc1)N(C)C.C[C@H](C1CCCC1P(c1ccccc1)c1ccccc1)P(C1CCCCC1)C1CCCCC1.[CH3-].[CH3-].[CH3-].[CH3-].[Fe+2].[Fe+2]. The van der Waals surface area contributed by atoms with Gasteiger partial charge in [0.25, 0.3) is 0 Å². The van der Waals surface area contributed by atoms with Crippen molar-refractivity contribution in [3.63, 3.8) is 0 Å². The molecule has 0 saturated heterocycles. The zero-order valence-electron chi connectivity index (χ0n) is 84.0. The normalized spacial score (nSPS) is 23.9. The molecule has 12 atom stereocenters. The minimum Gasteiger partial charge on any atom is -0.358 e. The van der Waals surface area contributed by atoms with Gasteiger partial charge in [-0.05, 0) is 336 Å². The second-order valence-corrected chi connectivity index (χ2v) is 58.7. The minimum absolute atomic E-state index is 0. The summed E-state index contributed by atoms with van der Waals surface area (Å²) in [5, 5.41) is 12.6. The Morgan fingerprint density at radius 3 is 0.565 bits per heavy atom. The summed E-state index contributed by atoms with van der Waals surface area (Å²) in [5.74, 6) is 3.48. The molecule has 0 radical (unpaired) electrons. The van der Waals surface area contributed by atoms with Crippen LogP contribution in [0.5, 0.6) is 0 Å². The van der Waals surface area contributed by atoms with E-state index in [1.807, 2.05) is 0 Å². The molecule has 0 N–H and O–H groups in total. The molecule has 10 aliphatic rings. The van der Waals surface area contributed by atoms with Crippen LogP contribution in [0.3, 0.4) is 0 Å². The number of hydrogen-bond acceptors (Lipinski definition) is 2. The average molecular weight is 1980 g/mol. The van der Waals surface area contributed by atoms with Crippen molar-refractivity contribution in [1.29, 1.82) is 0 Å². The van der Waals surface area contributed by atoms with Crippen LogP contribution in [0.1, 0.15) is 297 Å². The fraction of sp³-hybridized carbons (Fsp3) is 0.567. The van der Waals surface area contributed by atoms with Crippen molar-refractivity contribution in [3.05, 3.63) is 272 Å². The van der Waals surface area contributed by atoms with Gasteiger partial charge < -0.3 is 39.5 Å². The third-order valence-electron chi connectivity index (χ3n) is 32.4. The van der Waals surface area contributed by atoms with E-state index in [0.717, 1.165) is 91.6 Å². The fourth-order valence-electron chi connectivity index (χ4n) is 25.8. The van der Waals surface area contributed by atoms with Crippen LogP contribution in [-0.2, 0) is 34.1 Å². The second kappa shape index (κ2) is 61.4. The Labute approximate surface area is 837 Å². The van der Waals surface area contributed by atoms with Crippen LogP contribution in [0.2, 0.25) is 0 Å². The molecule has 0 amide bonds. The molecular weight excluding hydrogens is 1800 g/mol. The summed E-state index contributed by atoms with van der Waals surface area (Å²) in [6.45, 7) is 10.3. The van der Waals surface area contributed by atoms with E-state index >= 15 is 0 Å². The van der Waals surface area contributed by atoms with Crippen LogP contribution in [0.4, 0.5) is 0 Å². The van der Waals surface area contributed by atoms with Gasteiger partial charge in [-0.3, -0.25) is 0 Å². The number of benzene rings is 8. The Bertz CT molecular complexity index is 3720. The van der Waals surface area contributed by atoms with Gasteiger partial charge in [0.1, 0.15) is 0 Å². The predicted molar refractivity (Wildman–Crippen MR) is 595 cm³/mol. The first-order valence-corrected chi connectivity index (χ1v) is 61.6. The maximum atomic E-state index is 2.75. The van der Waals surface area contributed by atoms with E-state index in [4.69, 9.17) is 0 Å². The quantitative estimate of drug-likeness (QED) is 0.0303. The standard InChI is InChI=1S/2C31H44P2.2C21H28NP.C12H23P.4CH3.2Fe/c2*1-25(32(26-15-6-2-7-16-26)27-17-8-3-9-18-27)30-23-14-24-31(30)33(28-19-10-4-11-20-28)29-21-12-5-13-22-29;2*1-17(22(2)3)20-15-10-16-21(20)23(18-11-6-4-7-12-18)19-13-8-5-9-14-19;1-3-7-11(8-4-1)13-12-9-5-2-6-10-12;;;;;;/h2*4-5,10-13,19-22,25-27,30-31H,2-3,6-9,14-18,23-24H2,1H3;2*4-9,11-14,17,20-21H,10,15-16H2,1-3H3;11-13H,1-10H2;4*1H3;;/q;;;;;4*-1;2*+2/t2*25-,30?,31?;2*17-,20?,21?;;;;;;;/m1011......./s1. The largest absolute Gasteiger partial charge is 2.00 e. The molecule has 8 aromatic rings. The average Bonchev–Trinajstić information content (AvgIpc) is 1.69. The molecule has 10 saturated carbocycles. The van der Waals surface area contributed by atoms with Crippen LogP contribution in [0.15, 0.2) is 243 Å². The second-order valence-electron chi connectivity index (χ2n) is 40.6. The molecule has 10 aliphatic carbocycles. The van der Waals surface area contributed by atoms with Gasteiger partial charge in [0.05, 0.1) is 0 Å². The summed E-state index contributed by atoms with van der Waals surface area (Å²) >= 11 is 0. The Kier molecular flexibility index (Phi) is 53.5. The Morgan fingerprint density at radius 2 is 0.382 bits per heavy atom. The Balaban J connectivity index is 0.000000205.